The van der Waals surface area contributed by atoms with E-state index in [2.05, 4.69) is 0 Å². The fourth-order valence-electron chi connectivity index (χ4n) is 1.61. The Labute approximate surface area is 120 Å². The topological polar surface area (TPSA) is 98.2 Å². The molecule has 0 aliphatic rings. The normalized spacial score (nSPS) is 10.5. The smallest absolute Gasteiger partial charge is 0.317 e. The van der Waals surface area contributed by atoms with Gasteiger partial charge in [0.2, 0.25) is 5.91 Å². The van der Waals surface area contributed by atoms with Crippen molar-refractivity contribution >= 4 is 29.2 Å². The third kappa shape index (κ3) is 5.81. The van der Waals surface area contributed by atoms with Crippen molar-refractivity contribution in [3.63, 3.8) is 0 Å². The van der Waals surface area contributed by atoms with Gasteiger partial charge in [-0.05, 0) is 22.4 Å². The molecule has 0 spiro atoms. The second kappa shape index (κ2) is 7.61. The quantitative estimate of drug-likeness (QED) is 0.710. The first kappa shape index (κ1) is 16.1. The summed E-state index contributed by atoms with van der Waals surface area (Å²) >= 11 is 1.52. The number of thiophene rings is 1. The predicted molar refractivity (Wildman–Crippen MR) is 72.5 cm³/mol. The Morgan fingerprint density at radius 2 is 1.75 bits per heavy atom. The van der Waals surface area contributed by atoms with Gasteiger partial charge in [0.1, 0.15) is 0 Å². The van der Waals surface area contributed by atoms with Gasteiger partial charge in [0.15, 0.2) is 0 Å². The van der Waals surface area contributed by atoms with Crippen LogP contribution in [0, 0.1) is 0 Å². The molecule has 0 aliphatic heterocycles. The maximum atomic E-state index is 11.9. The number of amides is 1. The lowest BCUT2D eigenvalue weighted by Gasteiger charge is -2.22. The van der Waals surface area contributed by atoms with Crippen LogP contribution >= 0.6 is 11.3 Å². The van der Waals surface area contributed by atoms with Gasteiger partial charge in [0.05, 0.1) is 19.6 Å². The summed E-state index contributed by atoms with van der Waals surface area (Å²) in [4.78, 5) is 35.7. The molecule has 0 radical (unpaired) electrons. The highest BCUT2D eigenvalue weighted by atomic mass is 32.1. The molecule has 1 aromatic heterocycles. The Kier molecular flexibility index (Phi) is 6.13. The zero-order valence-electron chi connectivity index (χ0n) is 11.0. The Balaban J connectivity index is 2.55. The number of rotatable bonds is 8. The van der Waals surface area contributed by atoms with E-state index in [0.717, 1.165) is 10.5 Å². The molecule has 0 atom stereocenters. The summed E-state index contributed by atoms with van der Waals surface area (Å²) in [7, 11) is 1.60. The first-order valence-electron chi connectivity index (χ1n) is 5.79. The van der Waals surface area contributed by atoms with Gasteiger partial charge in [-0.1, -0.05) is 0 Å². The van der Waals surface area contributed by atoms with E-state index >= 15 is 0 Å². The van der Waals surface area contributed by atoms with Gasteiger partial charge in [0.25, 0.3) is 0 Å². The van der Waals surface area contributed by atoms with E-state index in [1.807, 2.05) is 16.8 Å². The number of hydrogen-bond acceptors (Lipinski definition) is 5. The number of carboxylic acids is 2. The van der Waals surface area contributed by atoms with Crippen molar-refractivity contribution in [1.82, 2.24) is 9.80 Å². The number of carbonyl (C=O) groups is 3. The van der Waals surface area contributed by atoms with E-state index in [4.69, 9.17) is 10.2 Å². The largest absolute Gasteiger partial charge is 0.480 e. The van der Waals surface area contributed by atoms with Gasteiger partial charge in [-0.25, -0.2) is 0 Å². The summed E-state index contributed by atoms with van der Waals surface area (Å²) in [6, 6.07) is 1.89. The minimum Gasteiger partial charge on any atom is -0.480 e. The van der Waals surface area contributed by atoms with E-state index in [1.165, 1.54) is 16.2 Å². The molecule has 20 heavy (non-hydrogen) atoms. The molecule has 0 aromatic carbocycles. The second-order valence-corrected chi connectivity index (χ2v) is 5.09. The number of likely N-dealkylation sites (N-methyl/N-ethyl adjacent to an activating group) is 1. The highest BCUT2D eigenvalue weighted by Crippen LogP contribution is 2.08. The van der Waals surface area contributed by atoms with Crippen LogP contribution in [0.25, 0.3) is 0 Å². The van der Waals surface area contributed by atoms with Gasteiger partial charge < -0.3 is 15.1 Å². The predicted octanol–water partition coefficient (Wildman–Crippen LogP) is 0.178. The fraction of sp³-hybridized carbons (Fsp3) is 0.417. The van der Waals surface area contributed by atoms with Crippen molar-refractivity contribution in [3.05, 3.63) is 22.4 Å². The summed E-state index contributed by atoms with van der Waals surface area (Å²) in [6.45, 7) is -0.787. The molecule has 1 aromatic rings. The van der Waals surface area contributed by atoms with Crippen LogP contribution in [0.5, 0.6) is 0 Å². The van der Waals surface area contributed by atoms with Crippen LogP contribution < -0.4 is 0 Å². The molecule has 0 bridgehead atoms. The summed E-state index contributed by atoms with van der Waals surface area (Å²) in [5.41, 5.74) is 0.980. The lowest BCUT2D eigenvalue weighted by Crippen LogP contribution is -2.42. The van der Waals surface area contributed by atoms with Crippen molar-refractivity contribution in [2.75, 3.05) is 26.7 Å². The average Bonchev–Trinajstić information content (AvgIpc) is 2.79. The number of hydrogen-bond donors (Lipinski definition) is 2. The highest BCUT2D eigenvalue weighted by molar-refractivity contribution is 7.07. The van der Waals surface area contributed by atoms with E-state index < -0.39 is 25.0 Å². The summed E-state index contributed by atoms with van der Waals surface area (Å²) in [5, 5.41) is 21.2. The zero-order chi connectivity index (χ0) is 15.1. The molecule has 0 saturated carbocycles. The zero-order valence-corrected chi connectivity index (χ0v) is 11.8. The average molecular weight is 300 g/mol. The van der Waals surface area contributed by atoms with Gasteiger partial charge in [-0.2, -0.15) is 11.3 Å². The molecule has 8 heteroatoms. The van der Waals surface area contributed by atoms with Gasteiger partial charge in [-0.15, -0.1) is 0 Å². The molecule has 1 heterocycles. The van der Waals surface area contributed by atoms with Crippen molar-refractivity contribution < 1.29 is 24.6 Å². The number of nitrogens with zero attached hydrogens (tertiary/aromatic N) is 2. The Morgan fingerprint density at radius 3 is 2.20 bits per heavy atom. The molecule has 7 nitrogen and oxygen atoms in total. The number of carbonyl (C=O) groups excluding carboxylic acids is 1. The van der Waals surface area contributed by atoms with Crippen molar-refractivity contribution in [2.45, 2.75) is 6.54 Å². The molecule has 0 saturated heterocycles. The molecule has 0 unspecified atom stereocenters. The first-order chi connectivity index (χ1) is 9.38. The van der Waals surface area contributed by atoms with Crippen molar-refractivity contribution in [3.8, 4) is 0 Å². The van der Waals surface area contributed by atoms with Crippen LogP contribution in [-0.2, 0) is 20.9 Å². The third-order valence-corrected chi connectivity index (χ3v) is 3.23. The first-order valence-corrected chi connectivity index (χ1v) is 6.73. The minimum atomic E-state index is -1.17. The Hall–Kier alpha value is -1.93. The van der Waals surface area contributed by atoms with Crippen LogP contribution in [0.1, 0.15) is 5.56 Å². The van der Waals surface area contributed by atoms with E-state index in [1.54, 1.807) is 7.05 Å². The van der Waals surface area contributed by atoms with E-state index in [-0.39, 0.29) is 12.5 Å². The molecule has 0 fully saturated rings. The standard InChI is InChI=1S/C12H16N2O5S/c1-13(4-9-2-3-20-8-9)10(15)5-14(6-11(16)17)7-12(18)19/h2-3,8H,4-7H2,1H3,(H,16,17)(H,18,19). The van der Waals surface area contributed by atoms with Crippen LogP contribution in [-0.4, -0.2) is 64.5 Å². The van der Waals surface area contributed by atoms with Crippen LogP contribution in [0.15, 0.2) is 16.8 Å². The van der Waals surface area contributed by atoms with E-state index in [0.29, 0.717) is 6.54 Å². The molecule has 0 aliphatic carbocycles. The van der Waals surface area contributed by atoms with Crippen molar-refractivity contribution in [2.24, 2.45) is 0 Å². The van der Waals surface area contributed by atoms with Gasteiger partial charge >= 0.3 is 11.9 Å². The lowest BCUT2D eigenvalue weighted by atomic mass is 10.3. The maximum Gasteiger partial charge on any atom is 0.317 e. The molecule has 1 rings (SSSR count). The second-order valence-electron chi connectivity index (χ2n) is 4.31. The van der Waals surface area contributed by atoms with Gasteiger partial charge in [-0.3, -0.25) is 19.3 Å². The van der Waals surface area contributed by atoms with Crippen LogP contribution in [0.3, 0.4) is 0 Å². The Morgan fingerprint density at radius 1 is 1.15 bits per heavy atom. The number of carboxylic acid groups (broad SMARTS) is 2. The molecule has 110 valence electrons. The molecule has 2 N–H and O–H groups in total. The highest BCUT2D eigenvalue weighted by Gasteiger charge is 2.19. The molecular weight excluding hydrogens is 284 g/mol. The maximum absolute atomic E-state index is 11.9. The van der Waals surface area contributed by atoms with Crippen LogP contribution in [0.2, 0.25) is 0 Å². The van der Waals surface area contributed by atoms with Gasteiger partial charge in [0, 0.05) is 13.6 Å². The van der Waals surface area contributed by atoms with E-state index in [9.17, 15) is 14.4 Å². The van der Waals surface area contributed by atoms with Crippen molar-refractivity contribution in [1.29, 1.82) is 0 Å². The monoisotopic (exact) mass is 300 g/mol. The number of aliphatic carboxylic acids is 2. The minimum absolute atomic E-state index is 0.237. The summed E-state index contributed by atoms with van der Waals surface area (Å²) in [5.74, 6) is -2.65. The molecular formula is C12H16N2O5S. The fourth-order valence-corrected chi connectivity index (χ4v) is 2.27. The SMILES string of the molecule is CN(Cc1ccsc1)C(=O)CN(CC(=O)O)CC(=O)O. The third-order valence-electron chi connectivity index (χ3n) is 2.50. The summed E-state index contributed by atoms with van der Waals surface area (Å²) in [6.07, 6.45) is 0. The lowest BCUT2D eigenvalue weighted by molar-refractivity contribution is -0.143. The summed E-state index contributed by atoms with van der Waals surface area (Å²) < 4.78 is 0. The Bertz CT molecular complexity index is 458. The molecule has 1 amide bonds. The van der Waals surface area contributed by atoms with Crippen LogP contribution in [0.4, 0.5) is 0 Å².